The molecule has 1 aromatic carbocycles. The highest BCUT2D eigenvalue weighted by Crippen LogP contribution is 2.38. The highest BCUT2D eigenvalue weighted by Gasteiger charge is 2.43. The Hall–Kier alpha value is -1.12. The van der Waals surface area contributed by atoms with Gasteiger partial charge in [-0.1, -0.05) is 105 Å². The third-order valence-corrected chi connectivity index (χ3v) is 11.8. The highest BCUT2D eigenvalue weighted by molar-refractivity contribution is 6.75. The maximum Gasteiger partial charge on any atom is 0.0901 e. The first-order valence-electron chi connectivity index (χ1n) is 12.1. The van der Waals surface area contributed by atoms with Gasteiger partial charge in [-0.3, -0.25) is 0 Å². The fourth-order valence-electron chi connectivity index (χ4n) is 5.78. The molecule has 1 fully saturated rings. The van der Waals surface area contributed by atoms with Gasteiger partial charge >= 0.3 is 0 Å². The van der Waals surface area contributed by atoms with E-state index in [1.54, 1.807) is 5.19 Å². The Kier molecular flexibility index (Phi) is 7.62. The second-order valence-corrected chi connectivity index (χ2v) is 13.2. The average molecular weight is 410 g/mol. The van der Waals surface area contributed by atoms with Crippen LogP contribution in [0.15, 0.2) is 53.1 Å². The molecule has 1 nitrogen and oxygen atoms in total. The molecule has 0 aliphatic heterocycles. The normalized spacial score (nSPS) is 27.3. The van der Waals surface area contributed by atoms with E-state index in [2.05, 4.69) is 76.0 Å². The number of rotatable bonds is 4. The Bertz CT molecular complexity index is 720. The molecule has 0 saturated heterocycles. The molecule has 0 heterocycles. The maximum atomic E-state index is 4.38. The van der Waals surface area contributed by atoms with Crippen LogP contribution in [-0.4, -0.2) is 19.5 Å². The van der Waals surface area contributed by atoms with E-state index in [4.69, 9.17) is 0 Å². The summed E-state index contributed by atoms with van der Waals surface area (Å²) in [6.45, 7) is 12.0. The molecule has 3 rings (SSSR count). The minimum atomic E-state index is -1.21. The van der Waals surface area contributed by atoms with Crippen molar-refractivity contribution in [2.45, 2.75) is 109 Å². The van der Waals surface area contributed by atoms with Crippen LogP contribution in [-0.2, 0) is 0 Å². The lowest BCUT2D eigenvalue weighted by Gasteiger charge is -2.46. The summed E-state index contributed by atoms with van der Waals surface area (Å²) in [5, 5.41) is 6.28. The lowest BCUT2D eigenvalue weighted by atomic mass is 9.91. The molecule has 2 aliphatic carbocycles. The standard InChI is InChI=1S/C27H43NSi/c1-22-21-26(4,24(3)23(22)2)28-27(29(5)25-17-13-12-14-18-25)19-15-10-8-6-7-9-11-16-20-27/h12-14,17-18,21,28-29H,6-11,15-16,19-20H2,1-5H3. The van der Waals surface area contributed by atoms with Gasteiger partial charge in [0.15, 0.2) is 0 Å². The molecule has 1 aromatic rings. The molecule has 0 bridgehead atoms. The van der Waals surface area contributed by atoms with Gasteiger partial charge in [0.25, 0.3) is 0 Å². The van der Waals surface area contributed by atoms with Crippen LogP contribution in [0.25, 0.3) is 0 Å². The SMILES string of the molecule is CC1=CC(C)(NC2([SiH](C)c3ccccc3)CCCCCCCCCC2)C(C)=C1C. The van der Waals surface area contributed by atoms with Gasteiger partial charge in [0.1, 0.15) is 0 Å². The Morgan fingerprint density at radius 2 is 1.31 bits per heavy atom. The summed E-state index contributed by atoms with van der Waals surface area (Å²) < 4.78 is 0. The molecule has 0 spiro atoms. The van der Waals surface area contributed by atoms with Crippen LogP contribution in [0.5, 0.6) is 0 Å². The maximum absolute atomic E-state index is 4.38. The predicted octanol–water partition coefficient (Wildman–Crippen LogP) is 6.59. The van der Waals surface area contributed by atoms with Crippen molar-refractivity contribution in [2.24, 2.45) is 0 Å². The zero-order chi connectivity index (χ0) is 20.9. The van der Waals surface area contributed by atoms with Crippen molar-refractivity contribution in [3.8, 4) is 0 Å². The summed E-state index contributed by atoms with van der Waals surface area (Å²) >= 11 is 0. The number of benzene rings is 1. The van der Waals surface area contributed by atoms with E-state index in [-0.39, 0.29) is 10.7 Å². The highest BCUT2D eigenvalue weighted by atomic mass is 28.3. The fourth-order valence-corrected chi connectivity index (χ4v) is 9.00. The van der Waals surface area contributed by atoms with Crippen molar-refractivity contribution in [1.29, 1.82) is 0 Å². The van der Waals surface area contributed by atoms with Crippen molar-refractivity contribution < 1.29 is 0 Å². The van der Waals surface area contributed by atoms with Crippen LogP contribution in [0, 0.1) is 0 Å². The molecule has 2 atom stereocenters. The van der Waals surface area contributed by atoms with Gasteiger partial charge in [-0.15, -0.1) is 0 Å². The summed E-state index contributed by atoms with van der Waals surface area (Å²) in [5.41, 5.74) is 4.47. The van der Waals surface area contributed by atoms with Gasteiger partial charge in [-0.05, 0) is 51.7 Å². The Morgan fingerprint density at radius 3 is 1.79 bits per heavy atom. The monoisotopic (exact) mass is 409 g/mol. The van der Waals surface area contributed by atoms with E-state index in [0.29, 0.717) is 0 Å². The summed E-state index contributed by atoms with van der Waals surface area (Å²) in [6, 6.07) is 11.5. The van der Waals surface area contributed by atoms with Gasteiger partial charge in [-0.25, -0.2) is 0 Å². The van der Waals surface area contributed by atoms with Crippen LogP contribution in [0.1, 0.15) is 91.9 Å². The molecule has 0 amide bonds. The van der Waals surface area contributed by atoms with Crippen LogP contribution in [0.4, 0.5) is 0 Å². The van der Waals surface area contributed by atoms with E-state index in [0.717, 1.165) is 0 Å². The topological polar surface area (TPSA) is 12.0 Å². The second kappa shape index (κ2) is 9.79. The smallest absolute Gasteiger partial charge is 0.0901 e. The molecule has 2 heteroatoms. The van der Waals surface area contributed by atoms with Gasteiger partial charge < -0.3 is 5.32 Å². The molecule has 29 heavy (non-hydrogen) atoms. The molecule has 1 saturated carbocycles. The minimum Gasteiger partial charge on any atom is -0.302 e. The van der Waals surface area contributed by atoms with Crippen LogP contribution in [0.2, 0.25) is 6.55 Å². The van der Waals surface area contributed by atoms with E-state index < -0.39 is 8.80 Å². The van der Waals surface area contributed by atoms with Crippen LogP contribution < -0.4 is 10.5 Å². The van der Waals surface area contributed by atoms with Crippen molar-refractivity contribution in [1.82, 2.24) is 5.32 Å². The largest absolute Gasteiger partial charge is 0.302 e. The third kappa shape index (κ3) is 5.14. The van der Waals surface area contributed by atoms with Crippen LogP contribution in [0.3, 0.4) is 0 Å². The van der Waals surface area contributed by atoms with E-state index in [1.807, 2.05) is 0 Å². The minimum absolute atomic E-state index is 0.00435. The number of nitrogens with one attached hydrogen (secondary N) is 1. The van der Waals surface area contributed by atoms with Crippen molar-refractivity contribution in [3.63, 3.8) is 0 Å². The zero-order valence-corrected chi connectivity index (χ0v) is 20.8. The average Bonchev–Trinajstić information content (AvgIpc) is 2.89. The van der Waals surface area contributed by atoms with E-state index >= 15 is 0 Å². The van der Waals surface area contributed by atoms with Crippen LogP contribution >= 0.6 is 0 Å². The quantitative estimate of drug-likeness (QED) is 0.553. The van der Waals surface area contributed by atoms with Gasteiger partial charge in [0, 0.05) is 5.16 Å². The lowest BCUT2D eigenvalue weighted by molar-refractivity contribution is 0.310. The molecule has 2 unspecified atom stereocenters. The Morgan fingerprint density at radius 1 is 0.793 bits per heavy atom. The van der Waals surface area contributed by atoms with E-state index in [1.165, 1.54) is 80.9 Å². The summed E-state index contributed by atoms with van der Waals surface area (Å²) in [6.07, 6.45) is 16.5. The molecular formula is C27H43NSi. The molecular weight excluding hydrogens is 366 g/mol. The third-order valence-electron chi connectivity index (χ3n) is 8.07. The molecule has 0 aromatic heterocycles. The Labute approximate surface area is 181 Å². The first kappa shape index (κ1) is 22.6. The van der Waals surface area contributed by atoms with E-state index in [9.17, 15) is 0 Å². The number of hydrogen-bond acceptors (Lipinski definition) is 1. The summed E-state index contributed by atoms with van der Waals surface area (Å²) in [7, 11) is -1.21. The summed E-state index contributed by atoms with van der Waals surface area (Å²) in [4.78, 5) is 0. The van der Waals surface area contributed by atoms with Crippen molar-refractivity contribution in [2.75, 3.05) is 0 Å². The van der Waals surface area contributed by atoms with Gasteiger partial charge in [0.05, 0.1) is 14.3 Å². The first-order valence-corrected chi connectivity index (χ1v) is 14.4. The molecule has 160 valence electrons. The lowest BCUT2D eigenvalue weighted by Crippen LogP contribution is -2.66. The fraction of sp³-hybridized carbons (Fsp3) is 0.630. The molecule has 1 N–H and O–H groups in total. The molecule has 0 radical (unpaired) electrons. The molecule has 2 aliphatic rings. The zero-order valence-electron chi connectivity index (χ0n) is 19.6. The number of allylic oxidation sites excluding steroid dienone is 2. The van der Waals surface area contributed by atoms with Crippen molar-refractivity contribution >= 4 is 14.0 Å². The van der Waals surface area contributed by atoms with Crippen molar-refractivity contribution in [3.05, 3.63) is 53.1 Å². The van der Waals surface area contributed by atoms with Gasteiger partial charge in [0.2, 0.25) is 0 Å². The summed E-state index contributed by atoms with van der Waals surface area (Å²) in [5.74, 6) is 0. The second-order valence-electron chi connectivity index (χ2n) is 10.0. The first-order chi connectivity index (χ1) is 13.9. The number of hydrogen-bond donors (Lipinski definition) is 1. The Balaban J connectivity index is 1.97. The predicted molar refractivity (Wildman–Crippen MR) is 132 cm³/mol. The van der Waals surface area contributed by atoms with Gasteiger partial charge in [-0.2, -0.15) is 0 Å².